The lowest BCUT2D eigenvalue weighted by molar-refractivity contribution is 0.605. The number of aromatic amines is 1. The molecule has 0 bridgehead atoms. The number of H-pyrrole nitrogens is 1. The SMILES string of the molecule is S=c1c(-c2nc3ccccc3[nH]2)coc2ccccc12. The van der Waals surface area contributed by atoms with E-state index in [4.69, 9.17) is 16.6 Å². The highest BCUT2D eigenvalue weighted by Crippen LogP contribution is 2.26. The third-order valence-electron chi connectivity index (χ3n) is 3.32. The van der Waals surface area contributed by atoms with Gasteiger partial charge in [-0.3, -0.25) is 0 Å². The molecular weight excluding hydrogens is 268 g/mol. The van der Waals surface area contributed by atoms with Crippen molar-refractivity contribution in [3.05, 3.63) is 59.3 Å². The second-order valence-electron chi connectivity index (χ2n) is 4.58. The molecule has 2 heterocycles. The first-order valence-electron chi connectivity index (χ1n) is 6.28. The van der Waals surface area contributed by atoms with Crippen LogP contribution >= 0.6 is 12.2 Å². The smallest absolute Gasteiger partial charge is 0.143 e. The Hall–Kier alpha value is -2.46. The van der Waals surface area contributed by atoms with Crippen LogP contribution in [-0.2, 0) is 0 Å². The largest absolute Gasteiger partial charge is 0.463 e. The van der Waals surface area contributed by atoms with Crippen molar-refractivity contribution in [1.82, 2.24) is 9.97 Å². The van der Waals surface area contributed by atoms with Crippen LogP contribution in [0.1, 0.15) is 0 Å². The van der Waals surface area contributed by atoms with E-state index >= 15 is 0 Å². The fraction of sp³-hybridized carbons (Fsp3) is 0. The Labute approximate surface area is 119 Å². The van der Waals surface area contributed by atoms with Gasteiger partial charge in [-0.2, -0.15) is 0 Å². The van der Waals surface area contributed by atoms with Gasteiger partial charge in [0.25, 0.3) is 0 Å². The number of aromatic nitrogens is 2. The Bertz CT molecular complexity index is 951. The Morgan fingerprint density at radius 3 is 2.70 bits per heavy atom. The Balaban J connectivity index is 2.02. The number of imidazole rings is 1. The summed E-state index contributed by atoms with van der Waals surface area (Å²) in [5.41, 5.74) is 3.52. The highest BCUT2D eigenvalue weighted by molar-refractivity contribution is 7.71. The van der Waals surface area contributed by atoms with Crippen molar-refractivity contribution in [2.24, 2.45) is 0 Å². The molecule has 0 unspecified atom stereocenters. The minimum absolute atomic E-state index is 0.741. The first-order chi connectivity index (χ1) is 9.83. The van der Waals surface area contributed by atoms with E-state index in [9.17, 15) is 0 Å². The number of rotatable bonds is 1. The lowest BCUT2D eigenvalue weighted by Gasteiger charge is -2.00. The van der Waals surface area contributed by atoms with Gasteiger partial charge in [-0.1, -0.05) is 36.5 Å². The van der Waals surface area contributed by atoms with Gasteiger partial charge >= 0.3 is 0 Å². The molecular formula is C16H10N2OS. The van der Waals surface area contributed by atoms with Crippen LogP contribution in [0.4, 0.5) is 0 Å². The monoisotopic (exact) mass is 278 g/mol. The van der Waals surface area contributed by atoms with Gasteiger partial charge in [0, 0.05) is 5.39 Å². The summed E-state index contributed by atoms with van der Waals surface area (Å²) in [6.45, 7) is 0. The highest BCUT2D eigenvalue weighted by atomic mass is 32.1. The molecule has 0 radical (unpaired) electrons. The standard InChI is InChI=1S/C16H10N2OS/c20-15-10-5-1-4-8-14(10)19-9-11(15)16-17-12-6-2-3-7-13(12)18-16/h1-9H,(H,17,18). The molecule has 0 saturated carbocycles. The summed E-state index contributed by atoms with van der Waals surface area (Å²) < 4.78 is 6.40. The highest BCUT2D eigenvalue weighted by Gasteiger charge is 2.09. The van der Waals surface area contributed by atoms with E-state index in [0.717, 1.165) is 37.9 Å². The zero-order valence-corrected chi connectivity index (χ0v) is 11.3. The summed E-state index contributed by atoms with van der Waals surface area (Å²) >= 11 is 5.56. The molecule has 4 rings (SSSR count). The summed E-state index contributed by atoms with van der Waals surface area (Å²) in [7, 11) is 0. The van der Waals surface area contributed by atoms with Gasteiger partial charge in [-0.25, -0.2) is 4.98 Å². The van der Waals surface area contributed by atoms with Crippen LogP contribution in [-0.4, -0.2) is 9.97 Å². The van der Waals surface area contributed by atoms with Gasteiger partial charge in [-0.05, 0) is 24.3 Å². The summed E-state index contributed by atoms with van der Waals surface area (Å²) in [4.78, 5) is 7.85. The van der Waals surface area contributed by atoms with Crippen LogP contribution in [0.5, 0.6) is 0 Å². The number of hydrogen-bond acceptors (Lipinski definition) is 3. The van der Waals surface area contributed by atoms with Gasteiger partial charge in [0.2, 0.25) is 0 Å². The van der Waals surface area contributed by atoms with Crippen LogP contribution in [0, 0.1) is 4.51 Å². The summed E-state index contributed by atoms with van der Waals surface area (Å²) in [5, 5.41) is 0.931. The lowest BCUT2D eigenvalue weighted by Crippen LogP contribution is -1.83. The second-order valence-corrected chi connectivity index (χ2v) is 4.99. The Kier molecular flexibility index (Phi) is 2.44. The molecule has 4 aromatic rings. The van der Waals surface area contributed by atoms with Crippen molar-refractivity contribution in [1.29, 1.82) is 0 Å². The fourth-order valence-corrected chi connectivity index (χ4v) is 2.64. The van der Waals surface area contributed by atoms with E-state index in [1.165, 1.54) is 0 Å². The van der Waals surface area contributed by atoms with Crippen LogP contribution in [0.3, 0.4) is 0 Å². The first-order valence-corrected chi connectivity index (χ1v) is 6.69. The minimum Gasteiger partial charge on any atom is -0.463 e. The van der Waals surface area contributed by atoms with Crippen molar-refractivity contribution in [3.8, 4) is 11.4 Å². The predicted molar refractivity (Wildman–Crippen MR) is 82.1 cm³/mol. The molecule has 2 aromatic carbocycles. The van der Waals surface area contributed by atoms with Crippen molar-refractivity contribution in [2.75, 3.05) is 0 Å². The van der Waals surface area contributed by atoms with Gasteiger partial charge in [0.1, 0.15) is 17.7 Å². The summed E-state index contributed by atoms with van der Waals surface area (Å²) in [6, 6.07) is 15.7. The number of fused-ring (bicyclic) bond motifs is 2. The molecule has 0 fully saturated rings. The lowest BCUT2D eigenvalue weighted by atomic mass is 10.2. The fourth-order valence-electron chi connectivity index (χ4n) is 2.32. The van der Waals surface area contributed by atoms with E-state index < -0.39 is 0 Å². The Morgan fingerprint density at radius 2 is 1.80 bits per heavy atom. The normalized spacial score (nSPS) is 11.2. The number of nitrogens with zero attached hydrogens (tertiary/aromatic N) is 1. The van der Waals surface area contributed by atoms with Crippen LogP contribution in [0.15, 0.2) is 59.2 Å². The maximum absolute atomic E-state index is 5.65. The van der Waals surface area contributed by atoms with Crippen LogP contribution in [0.2, 0.25) is 0 Å². The predicted octanol–water partition coefficient (Wildman–Crippen LogP) is 4.71. The number of nitrogens with one attached hydrogen (secondary N) is 1. The molecule has 0 saturated heterocycles. The molecule has 20 heavy (non-hydrogen) atoms. The van der Waals surface area contributed by atoms with Crippen LogP contribution < -0.4 is 0 Å². The second kappa shape index (κ2) is 4.28. The average molecular weight is 278 g/mol. The van der Waals surface area contributed by atoms with E-state index in [1.54, 1.807) is 6.26 Å². The zero-order valence-electron chi connectivity index (χ0n) is 10.5. The maximum atomic E-state index is 5.65. The number of para-hydroxylation sites is 3. The third-order valence-corrected chi connectivity index (χ3v) is 3.76. The third kappa shape index (κ3) is 1.66. The van der Waals surface area contributed by atoms with Gasteiger partial charge in [-0.15, -0.1) is 0 Å². The maximum Gasteiger partial charge on any atom is 0.143 e. The topological polar surface area (TPSA) is 41.8 Å². The molecule has 1 N–H and O–H groups in total. The van der Waals surface area contributed by atoms with Crippen LogP contribution in [0.25, 0.3) is 33.4 Å². The van der Waals surface area contributed by atoms with Crippen molar-refractivity contribution in [2.45, 2.75) is 0 Å². The van der Waals surface area contributed by atoms with E-state index in [2.05, 4.69) is 9.97 Å². The molecule has 4 heteroatoms. The van der Waals surface area contributed by atoms with E-state index in [-0.39, 0.29) is 0 Å². The molecule has 3 nitrogen and oxygen atoms in total. The summed E-state index contributed by atoms with van der Waals surface area (Å²) in [5.74, 6) is 0.741. The molecule has 96 valence electrons. The average Bonchev–Trinajstić information content (AvgIpc) is 2.91. The minimum atomic E-state index is 0.741. The first kappa shape index (κ1) is 11.4. The molecule has 0 aliphatic carbocycles. The number of benzene rings is 2. The molecule has 0 aliphatic heterocycles. The van der Waals surface area contributed by atoms with Gasteiger partial charge in [0.05, 0.1) is 21.1 Å². The van der Waals surface area contributed by atoms with E-state index in [0.29, 0.717) is 0 Å². The Morgan fingerprint density at radius 1 is 1.00 bits per heavy atom. The van der Waals surface area contributed by atoms with Crippen molar-refractivity contribution >= 4 is 34.2 Å². The quantitative estimate of drug-likeness (QED) is 0.513. The van der Waals surface area contributed by atoms with Crippen molar-refractivity contribution < 1.29 is 4.42 Å². The molecule has 0 amide bonds. The molecule has 2 aromatic heterocycles. The van der Waals surface area contributed by atoms with E-state index in [1.807, 2.05) is 48.5 Å². The van der Waals surface area contributed by atoms with Crippen molar-refractivity contribution in [3.63, 3.8) is 0 Å². The molecule has 0 spiro atoms. The van der Waals surface area contributed by atoms with Gasteiger partial charge in [0.15, 0.2) is 0 Å². The zero-order chi connectivity index (χ0) is 13.5. The van der Waals surface area contributed by atoms with Gasteiger partial charge < -0.3 is 9.40 Å². The molecule has 0 atom stereocenters. The molecule has 0 aliphatic rings. The summed E-state index contributed by atoms with van der Waals surface area (Å²) in [6.07, 6.45) is 1.67. The number of hydrogen-bond donors (Lipinski definition) is 1.